The van der Waals surface area contributed by atoms with Crippen molar-refractivity contribution in [3.8, 4) is 11.5 Å². The lowest BCUT2D eigenvalue weighted by Crippen LogP contribution is -2.12. The summed E-state index contributed by atoms with van der Waals surface area (Å²) in [5.41, 5.74) is 6.16. The molecular formula is C12H13ClN2O4S2. The predicted octanol–water partition coefficient (Wildman–Crippen LogP) is 2.80. The van der Waals surface area contributed by atoms with Gasteiger partial charge in [0.1, 0.15) is 15.7 Å². The van der Waals surface area contributed by atoms with E-state index in [9.17, 15) is 8.42 Å². The highest BCUT2D eigenvalue weighted by Crippen LogP contribution is 2.37. The molecule has 0 saturated carbocycles. The van der Waals surface area contributed by atoms with Gasteiger partial charge in [0.15, 0.2) is 0 Å². The Morgan fingerprint density at radius 1 is 1.19 bits per heavy atom. The molecular weight excluding hydrogens is 336 g/mol. The van der Waals surface area contributed by atoms with Gasteiger partial charge in [-0.15, -0.1) is 11.3 Å². The second-order valence-electron chi connectivity index (χ2n) is 3.99. The molecule has 0 radical (unpaired) electrons. The second-order valence-corrected chi connectivity index (χ2v) is 7.22. The van der Waals surface area contributed by atoms with Gasteiger partial charge in [0.2, 0.25) is 0 Å². The van der Waals surface area contributed by atoms with Crippen molar-refractivity contribution in [2.24, 2.45) is 0 Å². The van der Waals surface area contributed by atoms with Crippen molar-refractivity contribution in [2.45, 2.75) is 4.21 Å². The topological polar surface area (TPSA) is 90.7 Å². The van der Waals surface area contributed by atoms with Crippen LogP contribution in [0, 0.1) is 0 Å². The molecule has 1 aromatic carbocycles. The summed E-state index contributed by atoms with van der Waals surface area (Å²) in [6.45, 7) is 0. The smallest absolute Gasteiger partial charge is 0.271 e. The number of hydrogen-bond acceptors (Lipinski definition) is 6. The number of sulfonamides is 1. The Hall–Kier alpha value is -1.64. The fourth-order valence-corrected chi connectivity index (χ4v) is 3.98. The Kier molecular flexibility index (Phi) is 4.50. The second kappa shape index (κ2) is 6.00. The van der Waals surface area contributed by atoms with Crippen LogP contribution >= 0.6 is 22.9 Å². The van der Waals surface area contributed by atoms with Crippen molar-refractivity contribution in [3.63, 3.8) is 0 Å². The van der Waals surface area contributed by atoms with Crippen LogP contribution in [0.2, 0.25) is 5.02 Å². The van der Waals surface area contributed by atoms with Gasteiger partial charge in [-0.2, -0.15) is 0 Å². The van der Waals surface area contributed by atoms with Gasteiger partial charge in [0, 0.05) is 23.2 Å². The standard InChI is InChI=1S/C12H13ClN2O4S2/c1-18-10-5-9(11(19-2)4-8(10)13)15-21(16,17)12-3-7(14)6-20-12/h3-6,15H,14H2,1-2H3. The molecule has 1 heterocycles. The Morgan fingerprint density at radius 2 is 1.86 bits per heavy atom. The molecule has 2 aromatic rings. The summed E-state index contributed by atoms with van der Waals surface area (Å²) in [6.07, 6.45) is 0. The summed E-state index contributed by atoms with van der Waals surface area (Å²) >= 11 is 7.00. The van der Waals surface area contributed by atoms with E-state index in [1.165, 1.54) is 32.4 Å². The first kappa shape index (κ1) is 15.7. The van der Waals surface area contributed by atoms with Crippen LogP contribution in [0.3, 0.4) is 0 Å². The minimum atomic E-state index is -3.75. The van der Waals surface area contributed by atoms with Crippen LogP contribution in [0.1, 0.15) is 0 Å². The first-order chi connectivity index (χ1) is 9.87. The number of halogens is 1. The lowest BCUT2D eigenvalue weighted by molar-refractivity contribution is 0.405. The third-order valence-corrected chi connectivity index (χ3v) is 5.70. The first-order valence-electron chi connectivity index (χ1n) is 5.65. The van der Waals surface area contributed by atoms with Gasteiger partial charge in [-0.25, -0.2) is 8.42 Å². The largest absolute Gasteiger partial charge is 0.495 e. The first-order valence-corrected chi connectivity index (χ1v) is 8.40. The quantitative estimate of drug-likeness (QED) is 0.867. The van der Waals surface area contributed by atoms with Gasteiger partial charge >= 0.3 is 0 Å². The number of benzene rings is 1. The Balaban J connectivity index is 2.43. The van der Waals surface area contributed by atoms with E-state index in [4.69, 9.17) is 26.8 Å². The van der Waals surface area contributed by atoms with Crippen molar-refractivity contribution in [3.05, 3.63) is 28.6 Å². The predicted molar refractivity (Wildman–Crippen MR) is 84.1 cm³/mol. The lowest BCUT2D eigenvalue weighted by atomic mass is 10.3. The normalized spacial score (nSPS) is 11.2. The minimum absolute atomic E-state index is 0.107. The molecule has 6 nitrogen and oxygen atoms in total. The van der Waals surface area contributed by atoms with Crippen LogP contribution in [0.25, 0.3) is 0 Å². The monoisotopic (exact) mass is 348 g/mol. The van der Waals surface area contributed by atoms with E-state index in [0.29, 0.717) is 16.5 Å². The Morgan fingerprint density at radius 3 is 2.38 bits per heavy atom. The van der Waals surface area contributed by atoms with Crippen molar-refractivity contribution < 1.29 is 17.9 Å². The molecule has 0 amide bonds. The lowest BCUT2D eigenvalue weighted by Gasteiger charge is -2.13. The highest BCUT2D eigenvalue weighted by atomic mass is 35.5. The average Bonchev–Trinajstić information content (AvgIpc) is 2.87. The van der Waals surface area contributed by atoms with Crippen LogP contribution in [0.4, 0.5) is 11.4 Å². The van der Waals surface area contributed by atoms with E-state index >= 15 is 0 Å². The molecule has 0 spiro atoms. The zero-order valence-electron chi connectivity index (χ0n) is 11.2. The zero-order valence-corrected chi connectivity index (χ0v) is 13.6. The van der Waals surface area contributed by atoms with Gasteiger partial charge in [0.05, 0.1) is 24.9 Å². The zero-order chi connectivity index (χ0) is 15.6. The summed E-state index contributed by atoms with van der Waals surface area (Å²) in [6, 6.07) is 4.31. The van der Waals surface area contributed by atoms with Crippen LogP contribution in [-0.4, -0.2) is 22.6 Å². The summed E-state index contributed by atoms with van der Waals surface area (Å²) in [5.74, 6) is 0.620. The van der Waals surface area contributed by atoms with Gasteiger partial charge in [-0.3, -0.25) is 4.72 Å². The van der Waals surface area contributed by atoms with Crippen molar-refractivity contribution >= 4 is 44.3 Å². The average molecular weight is 349 g/mol. The summed E-state index contributed by atoms with van der Waals surface area (Å²) in [7, 11) is -0.901. The number of ether oxygens (including phenoxy) is 2. The van der Waals surface area contributed by atoms with Gasteiger partial charge in [-0.05, 0) is 6.07 Å². The van der Waals surface area contributed by atoms with E-state index < -0.39 is 10.0 Å². The maximum atomic E-state index is 12.3. The number of hydrogen-bond donors (Lipinski definition) is 2. The van der Waals surface area contributed by atoms with Crippen molar-refractivity contribution in [1.82, 2.24) is 0 Å². The molecule has 2 rings (SSSR count). The van der Waals surface area contributed by atoms with Gasteiger partial charge < -0.3 is 15.2 Å². The SMILES string of the molecule is COc1cc(NS(=O)(=O)c2cc(N)cs2)c(OC)cc1Cl. The van der Waals surface area contributed by atoms with E-state index in [0.717, 1.165) is 11.3 Å². The van der Waals surface area contributed by atoms with Crippen LogP contribution in [0.5, 0.6) is 11.5 Å². The highest BCUT2D eigenvalue weighted by molar-refractivity contribution is 7.94. The Bertz CT molecular complexity index is 759. The molecule has 9 heteroatoms. The van der Waals surface area contributed by atoms with E-state index in [1.807, 2.05) is 0 Å². The number of nitrogens with two attached hydrogens (primary N) is 1. The number of nitrogen functional groups attached to an aromatic ring is 1. The number of nitrogens with one attached hydrogen (secondary N) is 1. The number of thiophene rings is 1. The molecule has 1 aromatic heterocycles. The fourth-order valence-electron chi connectivity index (χ4n) is 1.61. The van der Waals surface area contributed by atoms with Gasteiger partial charge in [0.25, 0.3) is 10.0 Å². The fraction of sp³-hybridized carbons (Fsp3) is 0.167. The summed E-state index contributed by atoms with van der Waals surface area (Å²) in [4.78, 5) is 0. The molecule has 0 aliphatic rings. The molecule has 114 valence electrons. The molecule has 0 bridgehead atoms. The van der Waals surface area contributed by atoms with Crippen molar-refractivity contribution in [1.29, 1.82) is 0 Å². The van der Waals surface area contributed by atoms with Crippen LogP contribution in [-0.2, 0) is 10.0 Å². The van der Waals surface area contributed by atoms with Crippen LogP contribution < -0.4 is 19.9 Å². The van der Waals surface area contributed by atoms with E-state index in [2.05, 4.69) is 4.72 Å². The third-order valence-electron chi connectivity index (χ3n) is 2.58. The molecule has 0 atom stereocenters. The number of rotatable bonds is 5. The maximum Gasteiger partial charge on any atom is 0.271 e. The molecule has 0 saturated heterocycles. The Labute approximate surface area is 131 Å². The number of anilines is 2. The highest BCUT2D eigenvalue weighted by Gasteiger charge is 2.20. The van der Waals surface area contributed by atoms with Gasteiger partial charge in [-0.1, -0.05) is 11.6 Å². The summed E-state index contributed by atoms with van der Waals surface area (Å²) in [5, 5.41) is 1.87. The molecule has 0 fully saturated rings. The van der Waals surface area contributed by atoms with Crippen LogP contribution in [0.15, 0.2) is 27.8 Å². The molecule has 0 aliphatic heterocycles. The molecule has 3 N–H and O–H groups in total. The maximum absolute atomic E-state index is 12.3. The van der Waals surface area contributed by atoms with E-state index in [1.54, 1.807) is 5.38 Å². The molecule has 21 heavy (non-hydrogen) atoms. The number of methoxy groups -OCH3 is 2. The summed E-state index contributed by atoms with van der Waals surface area (Å²) < 4.78 is 37.3. The van der Waals surface area contributed by atoms with E-state index in [-0.39, 0.29) is 15.6 Å². The minimum Gasteiger partial charge on any atom is -0.495 e. The molecule has 0 aliphatic carbocycles. The van der Waals surface area contributed by atoms with Crippen molar-refractivity contribution in [2.75, 3.05) is 24.7 Å². The molecule has 0 unspecified atom stereocenters. The third kappa shape index (κ3) is 3.34.